The minimum atomic E-state index is -0.461. The number of carbonyl (C=O) groups excluding carboxylic acids is 2. The summed E-state index contributed by atoms with van der Waals surface area (Å²) in [6.07, 6.45) is -0.102. The van der Waals surface area contributed by atoms with Gasteiger partial charge in [-0.2, -0.15) is 0 Å². The van der Waals surface area contributed by atoms with Crippen molar-refractivity contribution in [2.45, 2.75) is 32.9 Å². The molecule has 0 unspecified atom stereocenters. The lowest BCUT2D eigenvalue weighted by molar-refractivity contribution is -0.143. The van der Waals surface area contributed by atoms with Crippen LogP contribution in [0.1, 0.15) is 20.8 Å². The summed E-state index contributed by atoms with van der Waals surface area (Å²) in [4.78, 5) is 21.8. The maximum Gasteiger partial charge on any atom is 0.329 e. The van der Waals surface area contributed by atoms with E-state index in [1.807, 2.05) is 13.8 Å². The highest BCUT2D eigenvalue weighted by atomic mass is 16.6. The molecule has 1 aliphatic rings. The van der Waals surface area contributed by atoms with Crippen molar-refractivity contribution >= 4 is 11.9 Å². The normalized spacial score (nSPS) is 34.6. The molecule has 1 amide bonds. The molecule has 12 heavy (non-hydrogen) atoms. The molecular formula is C8H13NO3. The largest absolute Gasteiger partial charge is 0.461 e. The number of hydrogen-bond donors (Lipinski definition) is 1. The number of hydrogen-bond acceptors (Lipinski definition) is 3. The standard InChI is InChI=1S/C8H13NO3/c1-4-5(2)12-8(11)7(4)9-6(3)10/h4-5,7H,1-3H3,(H,9,10)/t4-,5-,7+/m1/s1. The van der Waals surface area contributed by atoms with Crippen molar-refractivity contribution in [3.8, 4) is 0 Å². The number of esters is 1. The highest BCUT2D eigenvalue weighted by molar-refractivity contribution is 5.84. The number of ether oxygens (including phenoxy) is 1. The second-order valence-electron chi connectivity index (χ2n) is 3.18. The number of amides is 1. The van der Waals surface area contributed by atoms with E-state index in [4.69, 9.17) is 4.74 Å². The van der Waals surface area contributed by atoms with Gasteiger partial charge >= 0.3 is 5.97 Å². The molecule has 4 nitrogen and oxygen atoms in total. The highest BCUT2D eigenvalue weighted by Crippen LogP contribution is 2.21. The molecule has 0 bridgehead atoms. The second kappa shape index (κ2) is 3.13. The summed E-state index contributed by atoms with van der Waals surface area (Å²) in [5.41, 5.74) is 0. The topological polar surface area (TPSA) is 55.4 Å². The Labute approximate surface area is 71.3 Å². The maximum atomic E-state index is 11.1. The van der Waals surface area contributed by atoms with Crippen LogP contribution in [0.3, 0.4) is 0 Å². The van der Waals surface area contributed by atoms with E-state index in [2.05, 4.69) is 5.32 Å². The van der Waals surface area contributed by atoms with Crippen LogP contribution in [0.4, 0.5) is 0 Å². The first-order chi connectivity index (χ1) is 5.52. The molecule has 1 heterocycles. The average Bonchev–Trinajstić information content (AvgIpc) is 2.16. The first-order valence-electron chi connectivity index (χ1n) is 4.00. The molecule has 1 N–H and O–H groups in total. The lowest BCUT2D eigenvalue weighted by atomic mass is 10.0. The van der Waals surface area contributed by atoms with Crippen molar-refractivity contribution < 1.29 is 14.3 Å². The summed E-state index contributed by atoms with van der Waals surface area (Å²) >= 11 is 0. The van der Waals surface area contributed by atoms with E-state index in [1.54, 1.807) is 0 Å². The third-order valence-corrected chi connectivity index (χ3v) is 2.18. The van der Waals surface area contributed by atoms with Crippen LogP contribution >= 0.6 is 0 Å². The van der Waals surface area contributed by atoms with Crippen molar-refractivity contribution in [2.24, 2.45) is 5.92 Å². The molecule has 0 aliphatic carbocycles. The summed E-state index contributed by atoms with van der Waals surface area (Å²) in [5.74, 6) is -0.468. The van der Waals surface area contributed by atoms with E-state index in [0.29, 0.717) is 0 Å². The molecule has 0 spiro atoms. The second-order valence-corrected chi connectivity index (χ2v) is 3.18. The molecule has 0 radical (unpaired) electrons. The lowest BCUT2D eigenvalue weighted by Crippen LogP contribution is -2.40. The summed E-state index contributed by atoms with van der Waals surface area (Å²) in [6.45, 7) is 5.10. The molecule has 1 saturated heterocycles. The number of rotatable bonds is 1. The van der Waals surface area contributed by atoms with Crippen LogP contribution in [0.25, 0.3) is 0 Å². The van der Waals surface area contributed by atoms with Crippen LogP contribution in [-0.2, 0) is 14.3 Å². The van der Waals surface area contributed by atoms with Crippen molar-refractivity contribution in [1.29, 1.82) is 0 Å². The molecule has 4 heteroatoms. The molecule has 3 atom stereocenters. The Kier molecular flexibility index (Phi) is 2.35. The number of nitrogens with one attached hydrogen (secondary N) is 1. The van der Waals surface area contributed by atoms with Gasteiger partial charge in [0.05, 0.1) is 0 Å². The summed E-state index contributed by atoms with van der Waals surface area (Å²) < 4.78 is 4.93. The van der Waals surface area contributed by atoms with Crippen LogP contribution in [0.15, 0.2) is 0 Å². The fourth-order valence-electron chi connectivity index (χ4n) is 1.26. The zero-order valence-electron chi connectivity index (χ0n) is 7.46. The third kappa shape index (κ3) is 1.57. The van der Waals surface area contributed by atoms with Crippen LogP contribution in [0.2, 0.25) is 0 Å². The quantitative estimate of drug-likeness (QED) is 0.568. The lowest BCUT2D eigenvalue weighted by Gasteiger charge is -2.12. The number of cyclic esters (lactones) is 1. The van der Waals surface area contributed by atoms with Gasteiger partial charge in [-0.1, -0.05) is 6.92 Å². The first kappa shape index (κ1) is 9.03. The Bertz CT molecular complexity index is 214. The fraction of sp³-hybridized carbons (Fsp3) is 0.750. The average molecular weight is 171 g/mol. The molecule has 1 aliphatic heterocycles. The predicted molar refractivity (Wildman–Crippen MR) is 42.3 cm³/mol. The Balaban J connectivity index is 2.63. The van der Waals surface area contributed by atoms with Crippen LogP contribution in [0.5, 0.6) is 0 Å². The third-order valence-electron chi connectivity index (χ3n) is 2.18. The molecule has 1 rings (SSSR count). The predicted octanol–water partition coefficient (Wildman–Crippen LogP) is 0.0725. The Morgan fingerprint density at radius 1 is 1.50 bits per heavy atom. The van der Waals surface area contributed by atoms with Gasteiger partial charge in [0.25, 0.3) is 0 Å². The molecule has 0 saturated carbocycles. The van der Waals surface area contributed by atoms with Gasteiger partial charge in [-0.05, 0) is 6.92 Å². The zero-order chi connectivity index (χ0) is 9.30. The van der Waals surface area contributed by atoms with Gasteiger partial charge < -0.3 is 10.1 Å². The van der Waals surface area contributed by atoms with Crippen molar-refractivity contribution in [3.63, 3.8) is 0 Å². The van der Waals surface area contributed by atoms with E-state index in [1.165, 1.54) is 6.92 Å². The van der Waals surface area contributed by atoms with E-state index in [-0.39, 0.29) is 23.9 Å². The molecular weight excluding hydrogens is 158 g/mol. The molecule has 68 valence electrons. The maximum absolute atomic E-state index is 11.1. The Morgan fingerprint density at radius 3 is 2.42 bits per heavy atom. The summed E-state index contributed by atoms with van der Waals surface area (Å²) in [6, 6.07) is -0.461. The van der Waals surface area contributed by atoms with Gasteiger partial charge in [0.15, 0.2) is 0 Å². The molecule has 0 aromatic heterocycles. The van der Waals surface area contributed by atoms with Crippen LogP contribution < -0.4 is 5.32 Å². The van der Waals surface area contributed by atoms with E-state index in [0.717, 1.165) is 0 Å². The smallest absolute Gasteiger partial charge is 0.329 e. The van der Waals surface area contributed by atoms with E-state index in [9.17, 15) is 9.59 Å². The Hall–Kier alpha value is -1.06. The molecule has 0 aromatic carbocycles. The minimum absolute atomic E-state index is 0.0569. The van der Waals surface area contributed by atoms with Gasteiger partial charge in [-0.15, -0.1) is 0 Å². The van der Waals surface area contributed by atoms with E-state index < -0.39 is 6.04 Å². The van der Waals surface area contributed by atoms with Crippen molar-refractivity contribution in [2.75, 3.05) is 0 Å². The summed E-state index contributed by atoms with van der Waals surface area (Å²) in [7, 11) is 0. The van der Waals surface area contributed by atoms with Gasteiger partial charge in [-0.25, -0.2) is 4.79 Å². The fourth-order valence-corrected chi connectivity index (χ4v) is 1.26. The Morgan fingerprint density at radius 2 is 2.08 bits per heavy atom. The van der Waals surface area contributed by atoms with Gasteiger partial charge in [0, 0.05) is 12.8 Å². The molecule has 1 fully saturated rings. The van der Waals surface area contributed by atoms with E-state index >= 15 is 0 Å². The van der Waals surface area contributed by atoms with Gasteiger partial charge in [0.1, 0.15) is 12.1 Å². The SMILES string of the molecule is CC(=O)N[C@@H]1C(=O)O[C@H](C)[C@H]1C. The molecule has 0 aromatic rings. The minimum Gasteiger partial charge on any atom is -0.461 e. The first-order valence-corrected chi connectivity index (χ1v) is 4.00. The van der Waals surface area contributed by atoms with Gasteiger partial charge in [0.2, 0.25) is 5.91 Å². The number of carbonyl (C=O) groups is 2. The monoisotopic (exact) mass is 171 g/mol. The van der Waals surface area contributed by atoms with Crippen LogP contribution in [-0.4, -0.2) is 24.0 Å². The summed E-state index contributed by atoms with van der Waals surface area (Å²) in [5, 5.41) is 2.56. The zero-order valence-corrected chi connectivity index (χ0v) is 7.46. The van der Waals surface area contributed by atoms with Crippen LogP contribution in [0, 0.1) is 5.92 Å². The van der Waals surface area contributed by atoms with Gasteiger partial charge in [-0.3, -0.25) is 4.79 Å². The van der Waals surface area contributed by atoms with Crippen molar-refractivity contribution in [1.82, 2.24) is 5.32 Å². The van der Waals surface area contributed by atoms with Crippen molar-refractivity contribution in [3.05, 3.63) is 0 Å². The highest BCUT2D eigenvalue weighted by Gasteiger charge is 2.39.